The Morgan fingerprint density at radius 1 is 1.35 bits per heavy atom. The minimum Gasteiger partial charge on any atom is -0.371 e. The van der Waals surface area contributed by atoms with Crippen LogP contribution in [0.15, 0.2) is 22.7 Å². The van der Waals surface area contributed by atoms with Crippen LogP contribution in [0.2, 0.25) is 0 Å². The van der Waals surface area contributed by atoms with Gasteiger partial charge in [-0.25, -0.2) is 0 Å². The Hall–Kier alpha value is -0.210. The third-order valence-corrected chi connectivity index (χ3v) is 4.33. The maximum atomic E-state index is 6.03. The van der Waals surface area contributed by atoms with E-state index in [1.54, 1.807) is 0 Å². The van der Waals surface area contributed by atoms with Gasteiger partial charge in [0, 0.05) is 29.1 Å². The molecule has 1 aliphatic rings. The molecule has 0 aromatic heterocycles. The van der Waals surface area contributed by atoms with Crippen molar-refractivity contribution < 1.29 is 0 Å². The van der Waals surface area contributed by atoms with Crippen LogP contribution in [0.25, 0.3) is 0 Å². The van der Waals surface area contributed by atoms with Crippen LogP contribution in [-0.2, 0) is 5.88 Å². The molecule has 2 rings (SSSR count). The summed E-state index contributed by atoms with van der Waals surface area (Å²) in [5, 5.41) is 0. The van der Waals surface area contributed by atoms with E-state index in [0.29, 0.717) is 5.88 Å². The summed E-state index contributed by atoms with van der Waals surface area (Å²) in [7, 11) is 0. The fourth-order valence-corrected chi connectivity index (χ4v) is 3.02. The van der Waals surface area contributed by atoms with Gasteiger partial charge in [-0.15, -0.1) is 11.6 Å². The maximum Gasteiger partial charge on any atom is 0.0494 e. The van der Waals surface area contributed by atoms with Gasteiger partial charge in [0.05, 0.1) is 0 Å². The number of alkyl halides is 1. The zero-order valence-corrected chi connectivity index (χ0v) is 12.6. The SMILES string of the molecule is CC1CCCN(c2cc(Br)ccc2CCl)CC1. The van der Waals surface area contributed by atoms with Crippen molar-refractivity contribution in [1.82, 2.24) is 0 Å². The van der Waals surface area contributed by atoms with Crippen molar-refractivity contribution in [3.63, 3.8) is 0 Å². The summed E-state index contributed by atoms with van der Waals surface area (Å²) < 4.78 is 1.14. The van der Waals surface area contributed by atoms with Gasteiger partial charge in [0.15, 0.2) is 0 Å². The lowest BCUT2D eigenvalue weighted by Gasteiger charge is -2.25. The van der Waals surface area contributed by atoms with Crippen molar-refractivity contribution in [2.75, 3.05) is 18.0 Å². The number of anilines is 1. The molecule has 0 radical (unpaired) electrons. The van der Waals surface area contributed by atoms with Gasteiger partial charge in [-0.3, -0.25) is 0 Å². The second kappa shape index (κ2) is 6.10. The van der Waals surface area contributed by atoms with E-state index in [2.05, 4.69) is 46.0 Å². The molecule has 0 spiro atoms. The van der Waals surface area contributed by atoms with Crippen molar-refractivity contribution in [1.29, 1.82) is 0 Å². The van der Waals surface area contributed by atoms with Crippen LogP contribution in [0.5, 0.6) is 0 Å². The highest BCUT2D eigenvalue weighted by molar-refractivity contribution is 9.10. The molecular weight excluding hydrogens is 298 g/mol. The van der Waals surface area contributed by atoms with Crippen LogP contribution in [0, 0.1) is 5.92 Å². The lowest BCUT2D eigenvalue weighted by Crippen LogP contribution is -2.25. The third-order valence-electron chi connectivity index (χ3n) is 3.55. The van der Waals surface area contributed by atoms with Gasteiger partial charge in [-0.1, -0.05) is 28.9 Å². The lowest BCUT2D eigenvalue weighted by molar-refractivity contribution is 0.521. The van der Waals surface area contributed by atoms with Crippen molar-refractivity contribution in [2.45, 2.75) is 32.1 Å². The number of halogens is 2. The van der Waals surface area contributed by atoms with Gasteiger partial charge in [-0.2, -0.15) is 0 Å². The molecule has 0 N–H and O–H groups in total. The van der Waals surface area contributed by atoms with E-state index in [-0.39, 0.29) is 0 Å². The summed E-state index contributed by atoms with van der Waals surface area (Å²) in [6.45, 7) is 4.67. The predicted octanol–water partition coefficient (Wildman–Crippen LogP) is 4.81. The monoisotopic (exact) mass is 315 g/mol. The predicted molar refractivity (Wildman–Crippen MR) is 78.9 cm³/mol. The van der Waals surface area contributed by atoms with Crippen molar-refractivity contribution in [2.24, 2.45) is 5.92 Å². The van der Waals surface area contributed by atoms with E-state index in [1.165, 1.54) is 30.5 Å². The normalized spacial score (nSPS) is 21.4. The first-order valence-corrected chi connectivity index (χ1v) is 7.63. The topological polar surface area (TPSA) is 3.24 Å². The van der Waals surface area contributed by atoms with Gasteiger partial charge in [0.2, 0.25) is 0 Å². The Labute approximate surface area is 117 Å². The van der Waals surface area contributed by atoms with Crippen molar-refractivity contribution in [3.8, 4) is 0 Å². The van der Waals surface area contributed by atoms with E-state index in [4.69, 9.17) is 11.6 Å². The summed E-state index contributed by atoms with van der Waals surface area (Å²) in [5.74, 6) is 1.45. The number of benzene rings is 1. The molecule has 1 saturated heterocycles. The molecule has 0 bridgehead atoms. The molecular formula is C14H19BrClN. The van der Waals surface area contributed by atoms with E-state index < -0.39 is 0 Å². The first-order chi connectivity index (χ1) is 8.20. The fraction of sp³-hybridized carbons (Fsp3) is 0.571. The van der Waals surface area contributed by atoms with Gasteiger partial charge < -0.3 is 4.90 Å². The Balaban J connectivity index is 2.22. The average Bonchev–Trinajstić information content (AvgIpc) is 2.54. The molecule has 17 heavy (non-hydrogen) atoms. The van der Waals surface area contributed by atoms with E-state index >= 15 is 0 Å². The molecule has 0 aliphatic carbocycles. The van der Waals surface area contributed by atoms with Crippen LogP contribution < -0.4 is 4.90 Å². The summed E-state index contributed by atoms with van der Waals surface area (Å²) >= 11 is 9.58. The molecule has 1 aromatic carbocycles. The standard InChI is InChI=1S/C14H19BrClN/c1-11-3-2-7-17(8-6-11)14-9-13(15)5-4-12(14)10-16/h4-5,9,11H,2-3,6-8,10H2,1H3. The minimum absolute atomic E-state index is 0.592. The number of rotatable bonds is 2. The van der Waals surface area contributed by atoms with Crippen molar-refractivity contribution in [3.05, 3.63) is 28.2 Å². The zero-order valence-electron chi connectivity index (χ0n) is 10.3. The summed E-state index contributed by atoms with van der Waals surface area (Å²) in [5.41, 5.74) is 2.55. The van der Waals surface area contributed by atoms with Crippen molar-refractivity contribution >= 4 is 33.2 Å². The van der Waals surface area contributed by atoms with Crippen LogP contribution in [0.1, 0.15) is 31.7 Å². The average molecular weight is 317 g/mol. The zero-order chi connectivity index (χ0) is 12.3. The van der Waals surface area contributed by atoms with E-state index in [1.807, 2.05) is 0 Å². The molecule has 1 aromatic rings. The molecule has 1 nitrogen and oxygen atoms in total. The molecule has 1 unspecified atom stereocenters. The molecule has 1 heterocycles. The molecule has 3 heteroatoms. The molecule has 0 saturated carbocycles. The van der Waals surface area contributed by atoms with Crippen LogP contribution in [0.3, 0.4) is 0 Å². The highest BCUT2D eigenvalue weighted by Crippen LogP contribution is 2.29. The van der Waals surface area contributed by atoms with Crippen LogP contribution in [-0.4, -0.2) is 13.1 Å². The van der Waals surface area contributed by atoms with Crippen LogP contribution >= 0.6 is 27.5 Å². The second-order valence-corrected chi connectivity index (χ2v) is 6.11. The first kappa shape index (κ1) is 13.2. The quantitative estimate of drug-likeness (QED) is 0.707. The Morgan fingerprint density at radius 2 is 2.18 bits per heavy atom. The van der Waals surface area contributed by atoms with Gasteiger partial charge in [-0.05, 0) is 42.9 Å². The Morgan fingerprint density at radius 3 is 2.94 bits per heavy atom. The van der Waals surface area contributed by atoms with Gasteiger partial charge >= 0.3 is 0 Å². The second-order valence-electron chi connectivity index (χ2n) is 4.93. The molecule has 1 atom stereocenters. The summed E-state index contributed by atoms with van der Waals surface area (Å²) in [6.07, 6.45) is 3.92. The number of hydrogen-bond donors (Lipinski definition) is 0. The van der Waals surface area contributed by atoms with Crippen LogP contribution in [0.4, 0.5) is 5.69 Å². The maximum absolute atomic E-state index is 6.03. The third kappa shape index (κ3) is 3.38. The minimum atomic E-state index is 0.592. The highest BCUT2D eigenvalue weighted by Gasteiger charge is 2.16. The number of hydrogen-bond acceptors (Lipinski definition) is 1. The summed E-state index contributed by atoms with van der Waals surface area (Å²) in [6, 6.07) is 6.40. The Bertz CT molecular complexity index is 380. The smallest absolute Gasteiger partial charge is 0.0494 e. The van der Waals surface area contributed by atoms with Gasteiger partial charge in [0.25, 0.3) is 0 Å². The first-order valence-electron chi connectivity index (χ1n) is 6.30. The van der Waals surface area contributed by atoms with Gasteiger partial charge in [0.1, 0.15) is 0 Å². The largest absolute Gasteiger partial charge is 0.371 e. The highest BCUT2D eigenvalue weighted by atomic mass is 79.9. The molecule has 0 amide bonds. The molecule has 1 aliphatic heterocycles. The lowest BCUT2D eigenvalue weighted by atomic mass is 10.0. The number of nitrogens with zero attached hydrogens (tertiary/aromatic N) is 1. The molecule has 1 fully saturated rings. The summed E-state index contributed by atoms with van der Waals surface area (Å²) in [4.78, 5) is 2.49. The molecule has 94 valence electrons. The van der Waals surface area contributed by atoms with E-state index in [9.17, 15) is 0 Å². The van der Waals surface area contributed by atoms with E-state index in [0.717, 1.165) is 23.5 Å². The fourth-order valence-electron chi connectivity index (χ4n) is 2.45. The Kier molecular flexibility index (Phi) is 4.75.